The molecule has 18 heteroatoms. The normalized spacial score (nSPS) is 15.9. The predicted molar refractivity (Wildman–Crippen MR) is 203 cm³/mol. The third-order valence-electron chi connectivity index (χ3n) is 7.87. The molecule has 1 aliphatic rings. The van der Waals surface area contributed by atoms with Crippen molar-refractivity contribution in [2.45, 2.75) is 116 Å². The highest BCUT2D eigenvalue weighted by molar-refractivity contribution is 7.15. The Hall–Kier alpha value is -5.10. The zero-order valence-electron chi connectivity index (χ0n) is 31.2. The van der Waals surface area contributed by atoms with Crippen LogP contribution in [0.5, 0.6) is 0 Å². The van der Waals surface area contributed by atoms with Crippen molar-refractivity contribution >= 4 is 56.9 Å². The van der Waals surface area contributed by atoms with Crippen LogP contribution >= 0.6 is 22.7 Å². The van der Waals surface area contributed by atoms with Crippen molar-refractivity contribution in [3.05, 3.63) is 69.2 Å². The first-order chi connectivity index (χ1) is 25.6. The maximum Gasteiger partial charge on any atom is 0.407 e. The van der Waals surface area contributed by atoms with Gasteiger partial charge in [0.05, 0.1) is 12.8 Å². The van der Waals surface area contributed by atoms with E-state index in [1.54, 1.807) is 78.2 Å². The van der Waals surface area contributed by atoms with Gasteiger partial charge in [0, 0.05) is 48.7 Å². The highest BCUT2D eigenvalue weighted by atomic mass is 32.1. The lowest BCUT2D eigenvalue weighted by atomic mass is 9.82. The summed E-state index contributed by atoms with van der Waals surface area (Å²) < 4.78 is 10.5. The molecule has 2 atom stereocenters. The highest BCUT2D eigenvalue weighted by Crippen LogP contribution is 2.43. The molecule has 0 aromatic carbocycles. The van der Waals surface area contributed by atoms with Crippen LogP contribution in [-0.4, -0.2) is 65.6 Å². The second kappa shape index (κ2) is 17.8. The summed E-state index contributed by atoms with van der Waals surface area (Å²) in [6, 6.07) is 7.10. The Labute approximate surface area is 321 Å². The van der Waals surface area contributed by atoms with Crippen LogP contribution in [0.1, 0.15) is 112 Å². The fourth-order valence-corrected chi connectivity index (χ4v) is 7.31. The summed E-state index contributed by atoms with van der Waals surface area (Å²) in [6.45, 7) is 11.3. The van der Waals surface area contributed by atoms with E-state index in [0.29, 0.717) is 21.7 Å². The Kier molecular flexibility index (Phi) is 13.2. The molecular formula is C36H46N10O6S2. The molecule has 288 valence electrons. The number of rotatable bonds is 12. The third kappa shape index (κ3) is 13.1. The van der Waals surface area contributed by atoms with Gasteiger partial charge in [-0.1, -0.05) is 41.2 Å². The van der Waals surface area contributed by atoms with E-state index in [9.17, 15) is 19.2 Å². The maximum atomic E-state index is 12.8. The lowest BCUT2D eigenvalue weighted by Crippen LogP contribution is -2.32. The highest BCUT2D eigenvalue weighted by Gasteiger charge is 2.30. The van der Waals surface area contributed by atoms with Crippen LogP contribution < -0.4 is 21.3 Å². The standard InChI is InChI=1S/C36H46N10O6S2/c1-35(2,3)51-33(49)39-19-21-10-12-25(37-17-21)15-27(47)41-31-45-43-29(53-31)23-8-7-9-24(14-23)30-44-46-32(54-30)42-28(48)16-26-13-11-22(18-38-26)20-40-34(50)52-36(4,5)6/h10-13,17-18,23-24H,7-9,14-16,19-20H2,1-6H3,(H,39,49)(H,40,50)(H,41,45,47)(H,42,46,48). The minimum Gasteiger partial charge on any atom is -0.444 e. The second-order valence-corrected chi connectivity index (χ2v) is 16.9. The van der Waals surface area contributed by atoms with Crippen molar-refractivity contribution in [1.29, 1.82) is 0 Å². The van der Waals surface area contributed by atoms with Gasteiger partial charge in [0.15, 0.2) is 0 Å². The van der Waals surface area contributed by atoms with Crippen molar-refractivity contribution in [3.63, 3.8) is 0 Å². The summed E-state index contributed by atoms with van der Waals surface area (Å²) in [7, 11) is 0. The van der Waals surface area contributed by atoms with Gasteiger partial charge in [-0.15, -0.1) is 20.4 Å². The fraction of sp³-hybridized carbons (Fsp3) is 0.500. The van der Waals surface area contributed by atoms with E-state index >= 15 is 0 Å². The van der Waals surface area contributed by atoms with Crippen LogP contribution in [0, 0.1) is 0 Å². The molecule has 1 aliphatic carbocycles. The Morgan fingerprint density at radius 3 is 1.46 bits per heavy atom. The first-order valence-electron chi connectivity index (χ1n) is 17.6. The largest absolute Gasteiger partial charge is 0.444 e. The van der Waals surface area contributed by atoms with Crippen LogP contribution in [0.15, 0.2) is 36.7 Å². The molecule has 1 saturated carbocycles. The quantitative estimate of drug-likeness (QED) is 0.130. The van der Waals surface area contributed by atoms with E-state index in [1.807, 2.05) is 0 Å². The molecule has 0 bridgehead atoms. The Morgan fingerprint density at radius 2 is 1.09 bits per heavy atom. The summed E-state index contributed by atoms with van der Waals surface area (Å²) in [5.74, 6) is -0.193. The first kappa shape index (κ1) is 40.1. The summed E-state index contributed by atoms with van der Waals surface area (Å²) >= 11 is 2.73. The molecule has 4 N–H and O–H groups in total. The van der Waals surface area contributed by atoms with Gasteiger partial charge in [-0.2, -0.15) is 0 Å². The summed E-state index contributed by atoms with van der Waals surface area (Å²) in [5.41, 5.74) is 1.56. The monoisotopic (exact) mass is 778 g/mol. The number of aromatic nitrogens is 6. The van der Waals surface area contributed by atoms with Crippen molar-refractivity contribution in [3.8, 4) is 0 Å². The molecule has 54 heavy (non-hydrogen) atoms. The number of amides is 4. The van der Waals surface area contributed by atoms with Crippen molar-refractivity contribution in [2.75, 3.05) is 10.6 Å². The lowest BCUT2D eigenvalue weighted by molar-refractivity contribution is -0.116. The minimum atomic E-state index is -0.582. The van der Waals surface area contributed by atoms with Crippen molar-refractivity contribution < 1.29 is 28.7 Å². The SMILES string of the molecule is CC(C)(C)OC(=O)NCc1ccc(CC(=O)Nc2nnc(C3CCCC(c4nnc(NC(=O)Cc5ccc(CNC(=O)OC(C)(C)C)cn5)s4)C3)s2)nc1. The van der Waals surface area contributed by atoms with E-state index in [2.05, 4.69) is 51.6 Å². The number of anilines is 2. The number of pyridine rings is 2. The van der Waals surface area contributed by atoms with Crippen LogP contribution in [0.2, 0.25) is 0 Å². The predicted octanol–water partition coefficient (Wildman–Crippen LogP) is 6.03. The zero-order valence-corrected chi connectivity index (χ0v) is 32.9. The summed E-state index contributed by atoms with van der Waals surface area (Å²) in [5, 5.41) is 30.8. The van der Waals surface area contributed by atoms with Gasteiger partial charge in [-0.05, 0) is 84.1 Å². The smallest absolute Gasteiger partial charge is 0.407 e. The van der Waals surface area contributed by atoms with E-state index in [4.69, 9.17) is 9.47 Å². The molecule has 16 nitrogen and oxygen atoms in total. The van der Waals surface area contributed by atoms with Crippen LogP contribution in [0.4, 0.5) is 19.9 Å². The Morgan fingerprint density at radius 1 is 0.667 bits per heavy atom. The molecular weight excluding hydrogens is 733 g/mol. The molecule has 0 saturated heterocycles. The number of alkyl carbamates (subject to hydrolysis) is 2. The van der Waals surface area contributed by atoms with Gasteiger partial charge in [0.2, 0.25) is 22.1 Å². The second-order valence-electron chi connectivity index (χ2n) is 14.9. The molecule has 0 radical (unpaired) electrons. The van der Waals surface area contributed by atoms with Crippen LogP contribution in [0.25, 0.3) is 0 Å². The number of ether oxygens (including phenoxy) is 2. The first-order valence-corrected chi connectivity index (χ1v) is 19.3. The van der Waals surface area contributed by atoms with E-state index in [-0.39, 0.29) is 49.6 Å². The molecule has 4 amide bonds. The summed E-state index contributed by atoms with van der Waals surface area (Å²) in [6.07, 6.45) is 6.02. The Bertz CT molecular complexity index is 1770. The van der Waals surface area contributed by atoms with Crippen LogP contribution in [-0.2, 0) is 45.0 Å². The van der Waals surface area contributed by atoms with E-state index in [0.717, 1.165) is 46.8 Å². The van der Waals surface area contributed by atoms with Crippen molar-refractivity contribution in [2.24, 2.45) is 0 Å². The molecule has 1 fully saturated rings. The number of hydrogen-bond donors (Lipinski definition) is 4. The van der Waals surface area contributed by atoms with Crippen LogP contribution in [0.3, 0.4) is 0 Å². The molecule has 4 aromatic rings. The number of nitrogens with one attached hydrogen (secondary N) is 4. The van der Waals surface area contributed by atoms with Gasteiger partial charge < -0.3 is 30.7 Å². The molecule has 0 aliphatic heterocycles. The molecule has 2 unspecified atom stereocenters. The molecule has 4 aromatic heterocycles. The zero-order chi connectivity index (χ0) is 38.9. The third-order valence-corrected chi connectivity index (χ3v) is 9.88. The van der Waals surface area contributed by atoms with E-state index < -0.39 is 23.4 Å². The average molecular weight is 779 g/mol. The van der Waals surface area contributed by atoms with E-state index in [1.165, 1.54) is 22.7 Å². The molecule has 0 spiro atoms. The number of carbonyl (C=O) groups excluding carboxylic acids is 4. The van der Waals surface area contributed by atoms with Gasteiger partial charge in [-0.3, -0.25) is 19.6 Å². The van der Waals surface area contributed by atoms with Gasteiger partial charge in [-0.25, -0.2) is 9.59 Å². The average Bonchev–Trinajstić information content (AvgIpc) is 3.76. The fourth-order valence-electron chi connectivity index (χ4n) is 5.50. The topological polar surface area (TPSA) is 212 Å². The molecule has 4 heterocycles. The minimum absolute atomic E-state index is 0.0635. The maximum absolute atomic E-state index is 12.8. The molecule has 5 rings (SSSR count). The number of carbonyl (C=O) groups is 4. The Balaban J connectivity index is 1.05. The lowest BCUT2D eigenvalue weighted by Gasteiger charge is -2.25. The number of nitrogens with zero attached hydrogens (tertiary/aromatic N) is 6. The van der Waals surface area contributed by atoms with Gasteiger partial charge in [0.25, 0.3) is 0 Å². The number of hydrogen-bond acceptors (Lipinski definition) is 14. The van der Waals surface area contributed by atoms with Gasteiger partial charge >= 0.3 is 12.2 Å². The van der Waals surface area contributed by atoms with Gasteiger partial charge in [0.1, 0.15) is 21.2 Å². The van der Waals surface area contributed by atoms with Crippen molar-refractivity contribution in [1.82, 2.24) is 41.0 Å². The summed E-state index contributed by atoms with van der Waals surface area (Å²) in [4.78, 5) is 58.0.